The Balaban J connectivity index is 1.29. The van der Waals surface area contributed by atoms with Gasteiger partial charge in [0.1, 0.15) is 25.6 Å². The minimum absolute atomic E-state index is 0.107. The molecule has 12 heteroatoms. The van der Waals surface area contributed by atoms with E-state index in [0.717, 1.165) is 16.3 Å². The summed E-state index contributed by atoms with van der Waals surface area (Å²) >= 11 is 2.69. The fourth-order valence-corrected chi connectivity index (χ4v) is 7.71. The van der Waals surface area contributed by atoms with E-state index in [9.17, 15) is 14.7 Å². The lowest BCUT2D eigenvalue weighted by molar-refractivity contribution is -0.132. The first-order valence-corrected chi connectivity index (χ1v) is 17.4. The van der Waals surface area contributed by atoms with Crippen molar-refractivity contribution in [1.82, 2.24) is 10.2 Å². The Hall–Kier alpha value is -5.33. The first-order chi connectivity index (χ1) is 24.0. The lowest BCUT2D eigenvalue weighted by atomic mass is 9.95. The van der Waals surface area contributed by atoms with Crippen LogP contribution in [0.5, 0.6) is 23.0 Å². The van der Waals surface area contributed by atoms with E-state index >= 15 is 0 Å². The van der Waals surface area contributed by atoms with Gasteiger partial charge in [-0.15, -0.1) is 10.2 Å². The topological polar surface area (TPSA) is 120 Å². The van der Waals surface area contributed by atoms with Gasteiger partial charge in [-0.2, -0.15) is 0 Å². The fourth-order valence-electron chi connectivity index (χ4n) is 5.84. The molecule has 0 bridgehead atoms. The second-order valence-corrected chi connectivity index (χ2v) is 13.2. The second kappa shape index (κ2) is 14.0. The highest BCUT2D eigenvalue weighted by atomic mass is 32.2. The number of ketones is 1. The van der Waals surface area contributed by atoms with Gasteiger partial charge < -0.3 is 24.1 Å². The predicted molar refractivity (Wildman–Crippen MR) is 189 cm³/mol. The van der Waals surface area contributed by atoms with E-state index in [-0.39, 0.29) is 23.1 Å². The van der Waals surface area contributed by atoms with Crippen LogP contribution in [0.2, 0.25) is 0 Å². The van der Waals surface area contributed by atoms with Crippen molar-refractivity contribution >= 4 is 56.5 Å². The molecule has 1 unspecified atom stereocenters. The molecule has 10 nitrogen and oxygen atoms in total. The molecular weight excluding hydrogens is 663 g/mol. The average molecular weight is 694 g/mol. The van der Waals surface area contributed by atoms with Gasteiger partial charge in [0.25, 0.3) is 5.78 Å². The maximum absolute atomic E-state index is 13.9. The molecule has 1 fully saturated rings. The maximum atomic E-state index is 13.9. The molecule has 0 saturated carbocycles. The van der Waals surface area contributed by atoms with Gasteiger partial charge in [0.15, 0.2) is 27.3 Å². The number of rotatable bonds is 11. The van der Waals surface area contributed by atoms with Crippen LogP contribution in [0, 0.1) is 0 Å². The lowest BCUT2D eigenvalue weighted by Crippen LogP contribution is -2.29. The standard InChI is InChI=1S/C37H31N3O7S2/c1-3-16-45-27-14-12-23(19-29(27)44-4-2)32-31(33(41)24-13-15-28-30(20-24)47-18-17-46-28)34(42)35(43)40(32)36-38-39-37(49-36)48-21-25-10-7-9-22-8-5-6-11-26(22)25/h3,5-15,19-20,32,41H,1,4,16-18,21H2,2H3. The first kappa shape index (κ1) is 32.2. The number of hydrogen-bond donors (Lipinski definition) is 1. The molecule has 3 heterocycles. The number of ether oxygens (including phenoxy) is 4. The third-order valence-corrected chi connectivity index (χ3v) is 10.1. The molecule has 1 saturated heterocycles. The highest BCUT2D eigenvalue weighted by Gasteiger charge is 2.48. The molecule has 7 rings (SSSR count). The molecule has 1 amide bonds. The zero-order valence-electron chi connectivity index (χ0n) is 26.5. The van der Waals surface area contributed by atoms with Gasteiger partial charge in [0.05, 0.1) is 18.2 Å². The summed E-state index contributed by atoms with van der Waals surface area (Å²) in [5.41, 5.74) is 1.84. The van der Waals surface area contributed by atoms with Crippen LogP contribution in [0.1, 0.15) is 29.7 Å². The zero-order chi connectivity index (χ0) is 33.9. The van der Waals surface area contributed by atoms with Gasteiger partial charge in [-0.1, -0.05) is 84.3 Å². The van der Waals surface area contributed by atoms with Crippen LogP contribution in [0.25, 0.3) is 16.5 Å². The number of fused-ring (bicyclic) bond motifs is 2. The number of amides is 1. The summed E-state index contributed by atoms with van der Waals surface area (Å²) in [6.45, 7) is 6.91. The highest BCUT2D eigenvalue weighted by molar-refractivity contribution is 8.00. The third-order valence-electron chi connectivity index (χ3n) is 8.03. The Labute approximate surface area is 290 Å². The molecule has 1 aromatic heterocycles. The second-order valence-electron chi connectivity index (χ2n) is 11.0. The number of aliphatic hydroxyl groups excluding tert-OH is 1. The van der Waals surface area contributed by atoms with Crippen LogP contribution < -0.4 is 23.8 Å². The van der Waals surface area contributed by atoms with Crippen molar-refractivity contribution in [2.24, 2.45) is 0 Å². The number of hydrogen-bond acceptors (Lipinski definition) is 11. The fraction of sp³-hybridized carbons (Fsp3) is 0.189. The van der Waals surface area contributed by atoms with Crippen LogP contribution in [0.3, 0.4) is 0 Å². The average Bonchev–Trinajstić information content (AvgIpc) is 3.71. The number of nitrogens with zero attached hydrogens (tertiary/aromatic N) is 3. The smallest absolute Gasteiger partial charge is 0.301 e. The summed E-state index contributed by atoms with van der Waals surface area (Å²) in [5.74, 6) is 0.416. The van der Waals surface area contributed by atoms with Crippen molar-refractivity contribution in [3.05, 3.63) is 114 Å². The van der Waals surface area contributed by atoms with Crippen molar-refractivity contribution in [3.8, 4) is 23.0 Å². The van der Waals surface area contributed by atoms with Crippen LogP contribution in [-0.4, -0.2) is 53.4 Å². The quantitative estimate of drug-likeness (QED) is 0.0376. The molecule has 49 heavy (non-hydrogen) atoms. The molecule has 248 valence electrons. The normalized spacial score (nSPS) is 16.6. The summed E-state index contributed by atoms with van der Waals surface area (Å²) in [4.78, 5) is 29.0. The molecule has 0 radical (unpaired) electrons. The van der Waals surface area contributed by atoms with Crippen molar-refractivity contribution < 1.29 is 33.6 Å². The van der Waals surface area contributed by atoms with Gasteiger partial charge in [-0.3, -0.25) is 14.5 Å². The summed E-state index contributed by atoms with van der Waals surface area (Å²) in [5, 5.41) is 23.0. The molecule has 1 N–H and O–H groups in total. The number of carbonyl (C=O) groups is 2. The molecule has 1 atom stereocenters. The van der Waals surface area contributed by atoms with E-state index in [1.54, 1.807) is 42.5 Å². The van der Waals surface area contributed by atoms with E-state index in [0.29, 0.717) is 64.0 Å². The zero-order valence-corrected chi connectivity index (χ0v) is 28.1. The van der Waals surface area contributed by atoms with Crippen molar-refractivity contribution in [3.63, 3.8) is 0 Å². The molecule has 5 aromatic rings. The maximum Gasteiger partial charge on any atom is 0.301 e. The van der Waals surface area contributed by atoms with Gasteiger partial charge in [0.2, 0.25) is 5.13 Å². The van der Waals surface area contributed by atoms with Gasteiger partial charge in [-0.25, -0.2) is 0 Å². The van der Waals surface area contributed by atoms with Gasteiger partial charge >= 0.3 is 5.91 Å². The minimum Gasteiger partial charge on any atom is -0.507 e. The van der Waals surface area contributed by atoms with E-state index in [4.69, 9.17) is 18.9 Å². The Morgan fingerprint density at radius 3 is 2.65 bits per heavy atom. The lowest BCUT2D eigenvalue weighted by Gasteiger charge is -2.24. The van der Waals surface area contributed by atoms with Gasteiger partial charge in [-0.05, 0) is 59.2 Å². The Bertz CT molecular complexity index is 2110. The molecule has 0 aliphatic carbocycles. The van der Waals surface area contributed by atoms with E-state index in [1.807, 2.05) is 25.1 Å². The molecule has 0 spiro atoms. The Kier molecular flexibility index (Phi) is 9.23. The van der Waals surface area contributed by atoms with E-state index in [1.165, 1.54) is 28.0 Å². The van der Waals surface area contributed by atoms with Crippen molar-refractivity contribution in [2.45, 2.75) is 23.1 Å². The molecule has 4 aromatic carbocycles. The number of aromatic nitrogens is 2. The van der Waals surface area contributed by atoms with Crippen molar-refractivity contribution in [2.75, 3.05) is 31.3 Å². The largest absolute Gasteiger partial charge is 0.507 e. The Morgan fingerprint density at radius 2 is 1.82 bits per heavy atom. The summed E-state index contributed by atoms with van der Waals surface area (Å²) in [6, 6.07) is 23.3. The van der Waals surface area contributed by atoms with E-state index < -0.39 is 17.7 Å². The predicted octanol–water partition coefficient (Wildman–Crippen LogP) is 7.34. The highest BCUT2D eigenvalue weighted by Crippen LogP contribution is 2.46. The third kappa shape index (κ3) is 6.32. The van der Waals surface area contributed by atoms with Gasteiger partial charge in [0, 0.05) is 11.3 Å². The number of carbonyl (C=O) groups excluding carboxylic acids is 2. The molecule has 2 aliphatic heterocycles. The van der Waals surface area contributed by atoms with E-state index in [2.05, 4.69) is 41.0 Å². The summed E-state index contributed by atoms with van der Waals surface area (Å²) < 4.78 is 23.7. The SMILES string of the molecule is C=CCOc1ccc(C2C(=C(O)c3ccc4c(c3)OCCO4)C(=O)C(=O)N2c2nnc(SCc3cccc4ccccc34)s2)cc1OCC. The first-order valence-electron chi connectivity index (χ1n) is 15.6. The van der Waals surface area contributed by atoms with Crippen molar-refractivity contribution in [1.29, 1.82) is 0 Å². The number of thioether (sulfide) groups is 1. The van der Waals surface area contributed by atoms with Crippen LogP contribution in [0.15, 0.2) is 101 Å². The number of aliphatic hydroxyl groups is 1. The van der Waals surface area contributed by atoms with Crippen LogP contribution in [0.4, 0.5) is 5.13 Å². The number of Topliss-reactive ketones (excluding diaryl/α,β-unsaturated/α-hetero) is 1. The Morgan fingerprint density at radius 1 is 1.00 bits per heavy atom. The molecule has 2 aliphatic rings. The number of benzene rings is 4. The number of anilines is 1. The summed E-state index contributed by atoms with van der Waals surface area (Å²) in [7, 11) is 0. The summed E-state index contributed by atoms with van der Waals surface area (Å²) in [6.07, 6.45) is 1.62. The molecular formula is C37H31N3O7S2. The minimum atomic E-state index is -1.05. The van der Waals surface area contributed by atoms with Crippen LogP contribution in [-0.2, 0) is 15.3 Å². The van der Waals surface area contributed by atoms with Crippen LogP contribution >= 0.6 is 23.1 Å². The monoisotopic (exact) mass is 693 g/mol.